The first kappa shape index (κ1) is 29.7. The summed E-state index contributed by atoms with van der Waals surface area (Å²) in [5.74, 6) is 0.351. The second-order valence-electron chi connectivity index (χ2n) is 10.2. The Kier molecular flexibility index (Phi) is 8.92. The lowest BCUT2D eigenvalue weighted by molar-refractivity contribution is -0.132. The van der Waals surface area contributed by atoms with Crippen LogP contribution in [0.4, 0.5) is 28.8 Å². The summed E-state index contributed by atoms with van der Waals surface area (Å²) in [6.45, 7) is 2.96. The fourth-order valence-electron chi connectivity index (χ4n) is 4.98. The third-order valence-electron chi connectivity index (χ3n) is 7.36. The lowest BCUT2D eigenvalue weighted by atomic mass is 10.1. The van der Waals surface area contributed by atoms with E-state index in [1.54, 1.807) is 23.1 Å². The molecule has 0 bridgehead atoms. The average Bonchev–Trinajstić information content (AvgIpc) is 3.13. The maximum Gasteiger partial charge on any atom is 0.242 e. The van der Waals surface area contributed by atoms with Crippen molar-refractivity contribution in [2.75, 3.05) is 62.4 Å². The van der Waals surface area contributed by atoms with E-state index in [4.69, 9.17) is 11.6 Å². The van der Waals surface area contributed by atoms with E-state index in [1.807, 2.05) is 30.1 Å². The number of anilines is 5. The van der Waals surface area contributed by atoms with Gasteiger partial charge >= 0.3 is 0 Å². The molecule has 0 radical (unpaired) electrons. The van der Waals surface area contributed by atoms with Crippen molar-refractivity contribution in [3.8, 4) is 0 Å². The molecule has 1 fully saturated rings. The fraction of sp³-hybridized carbons (Fsp3) is 0.357. The topological polar surface area (TPSA) is 140 Å². The number of aromatic nitrogens is 2. The molecule has 5 rings (SSSR count). The van der Waals surface area contributed by atoms with Crippen molar-refractivity contribution in [2.24, 2.45) is 0 Å². The number of rotatable bonds is 8. The van der Waals surface area contributed by atoms with E-state index >= 15 is 0 Å². The molecule has 42 heavy (non-hydrogen) atoms. The molecule has 1 aromatic heterocycles. The number of para-hydroxylation sites is 1. The van der Waals surface area contributed by atoms with E-state index in [0.717, 1.165) is 24.3 Å². The van der Waals surface area contributed by atoms with Crippen LogP contribution in [0.1, 0.15) is 18.4 Å². The van der Waals surface area contributed by atoms with Gasteiger partial charge in [0.05, 0.1) is 11.9 Å². The Morgan fingerprint density at radius 2 is 1.81 bits per heavy atom. The van der Waals surface area contributed by atoms with Crippen LogP contribution >= 0.6 is 11.6 Å². The Balaban J connectivity index is 1.35. The third kappa shape index (κ3) is 6.65. The molecule has 0 spiro atoms. The monoisotopic (exact) mass is 612 g/mol. The standard InChI is InChI=1S/C28H33ClN8O4S/c1-30-42(40,41)24-8-4-3-7-22(24)33-27-21(29)17-31-28(34-27)32-20-10-11-23-19(16-20)6-5-9-25(38)37(23)18-26(39)36-14-12-35(2)13-15-36/h3-4,7-8,10-11,16-17,30H,5-6,9,12-15,18H2,1-2H3,(H2,31,32,33,34). The second-order valence-corrected chi connectivity index (χ2v) is 12.5. The number of amides is 2. The Morgan fingerprint density at radius 1 is 1.05 bits per heavy atom. The maximum absolute atomic E-state index is 13.1. The first-order valence-electron chi connectivity index (χ1n) is 13.6. The van der Waals surface area contributed by atoms with Gasteiger partial charge in [0.1, 0.15) is 16.5 Å². The molecular weight excluding hydrogens is 580 g/mol. The van der Waals surface area contributed by atoms with Gasteiger partial charge in [0.2, 0.25) is 27.8 Å². The molecule has 2 aromatic carbocycles. The molecule has 1 saturated heterocycles. The SMILES string of the molecule is CNS(=O)(=O)c1ccccc1Nc1nc(Nc2ccc3c(c2)CCCC(=O)N3CC(=O)N2CCN(C)CC2)ncc1Cl. The number of fused-ring (bicyclic) bond motifs is 1. The first-order valence-corrected chi connectivity index (χ1v) is 15.5. The zero-order valence-corrected chi connectivity index (χ0v) is 25.0. The minimum atomic E-state index is -3.73. The highest BCUT2D eigenvalue weighted by Gasteiger charge is 2.28. The summed E-state index contributed by atoms with van der Waals surface area (Å²) in [5.41, 5.74) is 2.67. The minimum absolute atomic E-state index is 0.0163. The lowest BCUT2D eigenvalue weighted by Crippen LogP contribution is -2.50. The first-order chi connectivity index (χ1) is 20.1. The minimum Gasteiger partial charge on any atom is -0.339 e. The van der Waals surface area contributed by atoms with Gasteiger partial charge in [-0.1, -0.05) is 23.7 Å². The van der Waals surface area contributed by atoms with Crippen LogP contribution in [0, 0.1) is 0 Å². The lowest BCUT2D eigenvalue weighted by Gasteiger charge is -2.34. The molecular formula is C28H33ClN8O4S. The summed E-state index contributed by atoms with van der Waals surface area (Å²) in [4.78, 5) is 40.5. The van der Waals surface area contributed by atoms with Gasteiger partial charge in [0, 0.05) is 44.0 Å². The number of hydrogen-bond donors (Lipinski definition) is 3. The Labute approximate surface area is 250 Å². The number of halogens is 1. The molecule has 0 saturated carbocycles. The summed E-state index contributed by atoms with van der Waals surface area (Å²) in [5, 5.41) is 6.38. The van der Waals surface area contributed by atoms with E-state index in [-0.39, 0.29) is 40.0 Å². The highest BCUT2D eigenvalue weighted by molar-refractivity contribution is 7.89. The number of piperazine rings is 1. The molecule has 0 atom stereocenters. The number of likely N-dealkylation sites (N-methyl/N-ethyl adjacent to an activating group) is 1. The van der Waals surface area contributed by atoms with Gasteiger partial charge in [-0.05, 0) is 62.8 Å². The van der Waals surface area contributed by atoms with E-state index in [2.05, 4.69) is 30.2 Å². The smallest absolute Gasteiger partial charge is 0.242 e. The maximum atomic E-state index is 13.1. The molecule has 2 aliphatic heterocycles. The van der Waals surface area contributed by atoms with Crippen LogP contribution in [-0.4, -0.2) is 86.8 Å². The number of nitrogens with zero attached hydrogens (tertiary/aromatic N) is 5. The second kappa shape index (κ2) is 12.6. The van der Waals surface area contributed by atoms with Crippen molar-refractivity contribution in [3.05, 3.63) is 59.2 Å². The summed E-state index contributed by atoms with van der Waals surface area (Å²) in [6.07, 6.45) is 3.14. The van der Waals surface area contributed by atoms with Crippen LogP contribution in [0.2, 0.25) is 5.02 Å². The van der Waals surface area contributed by atoms with Gasteiger partial charge < -0.3 is 25.3 Å². The van der Waals surface area contributed by atoms with Crippen LogP contribution in [0.5, 0.6) is 0 Å². The van der Waals surface area contributed by atoms with Gasteiger partial charge in [-0.3, -0.25) is 9.59 Å². The molecule has 0 aliphatic carbocycles. The van der Waals surface area contributed by atoms with E-state index in [9.17, 15) is 18.0 Å². The Morgan fingerprint density at radius 3 is 2.57 bits per heavy atom. The van der Waals surface area contributed by atoms with Crippen LogP contribution in [0.25, 0.3) is 0 Å². The molecule has 222 valence electrons. The number of hydrogen-bond acceptors (Lipinski definition) is 9. The van der Waals surface area contributed by atoms with Crippen molar-refractivity contribution in [1.29, 1.82) is 0 Å². The number of carbonyl (C=O) groups is 2. The predicted octanol–water partition coefficient (Wildman–Crippen LogP) is 2.97. The van der Waals surface area contributed by atoms with Crippen molar-refractivity contribution in [1.82, 2.24) is 24.5 Å². The van der Waals surface area contributed by atoms with Crippen molar-refractivity contribution < 1.29 is 18.0 Å². The molecule has 12 nitrogen and oxygen atoms in total. The van der Waals surface area contributed by atoms with E-state index < -0.39 is 10.0 Å². The molecule has 3 aromatic rings. The van der Waals surface area contributed by atoms with Gasteiger partial charge in [0.15, 0.2) is 5.82 Å². The van der Waals surface area contributed by atoms with Crippen molar-refractivity contribution >= 4 is 62.3 Å². The summed E-state index contributed by atoms with van der Waals surface area (Å²) < 4.78 is 27.2. The molecule has 0 unspecified atom stereocenters. The van der Waals surface area contributed by atoms with Crippen molar-refractivity contribution in [3.63, 3.8) is 0 Å². The van der Waals surface area contributed by atoms with Crippen LogP contribution < -0.4 is 20.3 Å². The largest absolute Gasteiger partial charge is 0.339 e. The zero-order valence-electron chi connectivity index (χ0n) is 23.4. The van der Waals surface area contributed by atoms with Crippen molar-refractivity contribution in [2.45, 2.75) is 24.2 Å². The van der Waals surface area contributed by atoms with Crippen LogP contribution in [-0.2, 0) is 26.0 Å². The molecule has 2 amide bonds. The number of nitrogens with one attached hydrogen (secondary N) is 3. The molecule has 14 heteroatoms. The molecule has 2 aliphatic rings. The highest BCUT2D eigenvalue weighted by atomic mass is 35.5. The van der Waals surface area contributed by atoms with Gasteiger partial charge in [0.25, 0.3) is 0 Å². The highest BCUT2D eigenvalue weighted by Crippen LogP contribution is 2.32. The van der Waals surface area contributed by atoms with Gasteiger partial charge in [-0.15, -0.1) is 0 Å². The number of sulfonamides is 1. The summed E-state index contributed by atoms with van der Waals surface area (Å²) >= 11 is 6.35. The van der Waals surface area contributed by atoms with Crippen LogP contribution in [0.3, 0.4) is 0 Å². The number of carbonyl (C=O) groups excluding carboxylic acids is 2. The summed E-state index contributed by atoms with van der Waals surface area (Å²) in [7, 11) is -0.352. The van der Waals surface area contributed by atoms with E-state index in [0.29, 0.717) is 43.7 Å². The third-order valence-corrected chi connectivity index (χ3v) is 9.11. The van der Waals surface area contributed by atoms with E-state index in [1.165, 1.54) is 19.3 Å². The molecule has 3 heterocycles. The quantitative estimate of drug-likeness (QED) is 0.350. The van der Waals surface area contributed by atoms with Crippen LogP contribution in [0.15, 0.2) is 53.6 Å². The fourth-order valence-corrected chi connectivity index (χ4v) is 6.00. The number of aryl methyl sites for hydroxylation is 1. The summed E-state index contributed by atoms with van der Waals surface area (Å²) in [6, 6.07) is 12.0. The zero-order chi connectivity index (χ0) is 29.9. The Bertz CT molecular complexity index is 1590. The normalized spacial score (nSPS) is 16.1. The Hall–Kier alpha value is -3.78. The van der Waals surface area contributed by atoms with Gasteiger partial charge in [-0.2, -0.15) is 4.98 Å². The average molecular weight is 613 g/mol. The van der Waals surface area contributed by atoms with Gasteiger partial charge in [-0.25, -0.2) is 18.1 Å². The number of benzene rings is 2. The predicted molar refractivity (Wildman–Crippen MR) is 162 cm³/mol. The molecule has 3 N–H and O–H groups in total.